The van der Waals surface area contributed by atoms with Gasteiger partial charge in [0, 0.05) is 44.2 Å². The summed E-state index contributed by atoms with van der Waals surface area (Å²) in [5, 5.41) is 1.20. The molecule has 0 N–H and O–H groups in total. The average Bonchev–Trinajstić information content (AvgIpc) is 2.85. The van der Waals surface area contributed by atoms with Crippen LogP contribution in [0.5, 0.6) is 0 Å². The van der Waals surface area contributed by atoms with Gasteiger partial charge in [0.15, 0.2) is 6.61 Å². The lowest BCUT2D eigenvalue weighted by molar-refractivity contribution is -0.136. The van der Waals surface area contributed by atoms with Crippen molar-refractivity contribution in [3.63, 3.8) is 0 Å². The largest absolute Gasteiger partial charge is 0.451 e. The number of ether oxygens (including phenoxy) is 1. The number of aromatic nitrogens is 1. The van der Waals surface area contributed by atoms with E-state index in [-0.39, 0.29) is 23.8 Å². The van der Waals surface area contributed by atoms with Crippen LogP contribution in [-0.4, -0.2) is 65.6 Å². The highest BCUT2D eigenvalue weighted by atomic mass is 16.5. The van der Waals surface area contributed by atoms with E-state index in [4.69, 9.17) is 4.74 Å². The van der Waals surface area contributed by atoms with Gasteiger partial charge in [0.25, 0.3) is 11.5 Å². The lowest BCUT2D eigenvalue weighted by Gasteiger charge is -2.33. The SMILES string of the molecule is CCN1CCN(C(=O)COC(=O)c2c(-c3ccccc3)c3ccccc3c(=O)n2C)CC1. The third kappa shape index (κ3) is 4.16. The minimum absolute atomic E-state index is 0.142. The van der Waals surface area contributed by atoms with Crippen molar-refractivity contribution < 1.29 is 14.3 Å². The number of amides is 1. The monoisotopic (exact) mass is 433 g/mol. The molecule has 0 spiro atoms. The molecule has 0 saturated carbocycles. The van der Waals surface area contributed by atoms with E-state index in [0.717, 1.165) is 25.2 Å². The molecular weight excluding hydrogens is 406 g/mol. The number of benzene rings is 2. The minimum atomic E-state index is -0.685. The van der Waals surface area contributed by atoms with Crippen molar-refractivity contribution in [1.29, 1.82) is 0 Å². The molecule has 0 aliphatic carbocycles. The number of esters is 1. The van der Waals surface area contributed by atoms with E-state index < -0.39 is 5.97 Å². The van der Waals surface area contributed by atoms with E-state index in [9.17, 15) is 14.4 Å². The van der Waals surface area contributed by atoms with Crippen LogP contribution in [0.4, 0.5) is 0 Å². The van der Waals surface area contributed by atoms with Gasteiger partial charge in [-0.1, -0.05) is 55.5 Å². The number of pyridine rings is 1. The van der Waals surface area contributed by atoms with Crippen LogP contribution in [0.2, 0.25) is 0 Å². The zero-order chi connectivity index (χ0) is 22.7. The first-order valence-electron chi connectivity index (χ1n) is 10.9. The molecule has 2 heterocycles. The van der Waals surface area contributed by atoms with E-state index >= 15 is 0 Å². The fourth-order valence-corrected chi connectivity index (χ4v) is 4.20. The van der Waals surface area contributed by atoms with E-state index in [2.05, 4.69) is 11.8 Å². The van der Waals surface area contributed by atoms with Crippen LogP contribution in [-0.2, 0) is 16.6 Å². The molecule has 0 unspecified atom stereocenters. The third-order valence-corrected chi connectivity index (χ3v) is 6.06. The van der Waals surface area contributed by atoms with Crippen molar-refractivity contribution in [2.45, 2.75) is 6.92 Å². The van der Waals surface area contributed by atoms with Crippen LogP contribution in [0.15, 0.2) is 59.4 Å². The van der Waals surface area contributed by atoms with Crippen LogP contribution in [0.1, 0.15) is 17.4 Å². The Hall–Kier alpha value is -3.45. The molecule has 1 amide bonds. The summed E-state index contributed by atoms with van der Waals surface area (Å²) in [4.78, 5) is 42.7. The summed E-state index contributed by atoms with van der Waals surface area (Å²) >= 11 is 0. The summed E-state index contributed by atoms with van der Waals surface area (Å²) < 4.78 is 6.76. The highest BCUT2D eigenvalue weighted by Crippen LogP contribution is 2.30. The summed E-state index contributed by atoms with van der Waals surface area (Å²) in [6.45, 7) is 5.57. The second kappa shape index (κ2) is 9.36. The normalized spacial score (nSPS) is 14.5. The maximum atomic E-state index is 13.2. The number of rotatable bonds is 5. The summed E-state index contributed by atoms with van der Waals surface area (Å²) in [6, 6.07) is 16.6. The van der Waals surface area contributed by atoms with Gasteiger partial charge in [-0.25, -0.2) is 4.79 Å². The molecule has 4 rings (SSSR count). The van der Waals surface area contributed by atoms with E-state index in [0.29, 0.717) is 29.4 Å². The Balaban J connectivity index is 1.65. The number of likely N-dealkylation sites (N-methyl/N-ethyl adjacent to an activating group) is 1. The fraction of sp³-hybridized carbons (Fsp3) is 0.320. The average molecular weight is 434 g/mol. The predicted octanol–water partition coefficient (Wildman–Crippen LogP) is 2.53. The van der Waals surface area contributed by atoms with Crippen LogP contribution in [0, 0.1) is 0 Å². The zero-order valence-electron chi connectivity index (χ0n) is 18.4. The molecule has 1 aromatic heterocycles. The summed E-state index contributed by atoms with van der Waals surface area (Å²) in [6.07, 6.45) is 0. The first-order chi connectivity index (χ1) is 15.5. The molecule has 0 bridgehead atoms. The number of hydrogen-bond donors (Lipinski definition) is 0. The molecule has 166 valence electrons. The zero-order valence-corrected chi connectivity index (χ0v) is 18.4. The topological polar surface area (TPSA) is 71.8 Å². The number of carbonyl (C=O) groups is 2. The smallest absolute Gasteiger partial charge is 0.356 e. The van der Waals surface area contributed by atoms with Crippen molar-refractivity contribution >= 4 is 22.6 Å². The number of piperazine rings is 1. The van der Waals surface area contributed by atoms with Crippen molar-refractivity contribution in [1.82, 2.24) is 14.4 Å². The molecule has 7 nitrogen and oxygen atoms in total. The Morgan fingerprint density at radius 2 is 1.53 bits per heavy atom. The van der Waals surface area contributed by atoms with Gasteiger partial charge in [-0.3, -0.25) is 9.59 Å². The van der Waals surface area contributed by atoms with Crippen molar-refractivity contribution in [3.05, 3.63) is 70.6 Å². The predicted molar refractivity (Wildman–Crippen MR) is 124 cm³/mol. The van der Waals surface area contributed by atoms with Gasteiger partial charge in [-0.05, 0) is 23.6 Å². The van der Waals surface area contributed by atoms with Gasteiger partial charge in [-0.2, -0.15) is 0 Å². The first-order valence-corrected chi connectivity index (χ1v) is 10.9. The molecule has 1 aliphatic rings. The Morgan fingerprint density at radius 3 is 2.19 bits per heavy atom. The molecule has 32 heavy (non-hydrogen) atoms. The number of fused-ring (bicyclic) bond motifs is 1. The highest BCUT2D eigenvalue weighted by molar-refractivity contribution is 6.07. The van der Waals surface area contributed by atoms with E-state index in [1.165, 1.54) is 4.57 Å². The number of carbonyl (C=O) groups excluding carboxylic acids is 2. The molecule has 0 atom stereocenters. The Kier molecular flexibility index (Phi) is 6.37. The van der Waals surface area contributed by atoms with Gasteiger partial charge >= 0.3 is 5.97 Å². The Morgan fingerprint density at radius 1 is 0.906 bits per heavy atom. The Bertz CT molecular complexity index is 1200. The molecule has 1 aliphatic heterocycles. The van der Waals surface area contributed by atoms with Gasteiger partial charge in [0.2, 0.25) is 0 Å². The molecule has 1 fully saturated rings. The lowest BCUT2D eigenvalue weighted by Crippen LogP contribution is -2.49. The molecule has 3 aromatic rings. The molecule has 2 aromatic carbocycles. The van der Waals surface area contributed by atoms with E-state index in [1.54, 1.807) is 24.1 Å². The van der Waals surface area contributed by atoms with Crippen molar-refractivity contribution in [2.75, 3.05) is 39.3 Å². The van der Waals surface area contributed by atoms with Crippen LogP contribution in [0.25, 0.3) is 21.9 Å². The second-order valence-corrected chi connectivity index (χ2v) is 7.89. The van der Waals surface area contributed by atoms with Gasteiger partial charge < -0.3 is 19.1 Å². The first kappa shape index (κ1) is 21.8. The second-order valence-electron chi connectivity index (χ2n) is 7.89. The standard InChI is InChI=1S/C25H27N3O4/c1-3-27-13-15-28(16-14-27)21(29)17-32-25(31)23-22(18-9-5-4-6-10-18)19-11-7-8-12-20(19)24(30)26(23)2/h4-12H,3,13-17H2,1-2H3. The summed E-state index contributed by atoms with van der Waals surface area (Å²) in [5.41, 5.74) is 1.28. The molecule has 1 saturated heterocycles. The van der Waals surface area contributed by atoms with Gasteiger partial charge in [0.05, 0.1) is 0 Å². The van der Waals surface area contributed by atoms with Crippen molar-refractivity contribution in [2.24, 2.45) is 7.05 Å². The van der Waals surface area contributed by atoms with E-state index in [1.807, 2.05) is 42.5 Å². The van der Waals surface area contributed by atoms with Gasteiger partial charge in [0.1, 0.15) is 5.69 Å². The Labute approximate surface area is 186 Å². The third-order valence-electron chi connectivity index (χ3n) is 6.06. The lowest BCUT2D eigenvalue weighted by atomic mass is 9.97. The number of hydrogen-bond acceptors (Lipinski definition) is 5. The quantitative estimate of drug-likeness (QED) is 0.579. The fourth-order valence-electron chi connectivity index (χ4n) is 4.20. The number of nitrogens with zero attached hydrogens (tertiary/aromatic N) is 3. The summed E-state index contributed by atoms with van der Waals surface area (Å²) in [5.74, 6) is -0.907. The molecule has 0 radical (unpaired) electrons. The maximum absolute atomic E-state index is 13.2. The maximum Gasteiger partial charge on any atom is 0.356 e. The van der Waals surface area contributed by atoms with Crippen LogP contribution in [0.3, 0.4) is 0 Å². The molecule has 7 heteroatoms. The minimum Gasteiger partial charge on any atom is -0.451 e. The summed E-state index contributed by atoms with van der Waals surface area (Å²) in [7, 11) is 1.56. The molecular formula is C25H27N3O4. The highest BCUT2D eigenvalue weighted by Gasteiger charge is 2.25. The van der Waals surface area contributed by atoms with Crippen LogP contribution < -0.4 is 5.56 Å². The van der Waals surface area contributed by atoms with Crippen LogP contribution >= 0.6 is 0 Å². The van der Waals surface area contributed by atoms with Gasteiger partial charge in [-0.15, -0.1) is 0 Å². The van der Waals surface area contributed by atoms with Crippen molar-refractivity contribution in [3.8, 4) is 11.1 Å².